The predicted octanol–water partition coefficient (Wildman–Crippen LogP) is 1.78. The van der Waals surface area contributed by atoms with Crippen LogP contribution in [0, 0.1) is 5.41 Å². The van der Waals surface area contributed by atoms with Crippen molar-refractivity contribution >= 4 is 5.91 Å². The second-order valence-corrected chi connectivity index (χ2v) is 5.46. The lowest BCUT2D eigenvalue weighted by molar-refractivity contribution is -0.144. The quantitative estimate of drug-likeness (QED) is 0.722. The van der Waals surface area contributed by atoms with Gasteiger partial charge in [0.15, 0.2) is 0 Å². The molecule has 0 radical (unpaired) electrons. The summed E-state index contributed by atoms with van der Waals surface area (Å²) in [6, 6.07) is 0. The molecule has 0 heterocycles. The van der Waals surface area contributed by atoms with E-state index < -0.39 is 5.41 Å². The molecular weight excluding hydrogens is 188 g/mol. The summed E-state index contributed by atoms with van der Waals surface area (Å²) in [5.74, 6) is 0.0809. The number of nitrogens with two attached hydrogens (primary N) is 1. The lowest BCUT2D eigenvalue weighted by Gasteiger charge is -2.39. The zero-order valence-corrected chi connectivity index (χ0v) is 10.6. The Morgan fingerprint density at radius 3 is 2.07 bits per heavy atom. The van der Waals surface area contributed by atoms with E-state index in [0.717, 1.165) is 0 Å². The molecule has 0 saturated heterocycles. The smallest absolute Gasteiger partial charge is 0.230 e. The molecule has 88 valence electrons. The van der Waals surface area contributed by atoms with Crippen molar-refractivity contribution in [3.63, 3.8) is 0 Å². The number of nitrogens with zero attached hydrogens (tertiary/aromatic N) is 1. The van der Waals surface area contributed by atoms with Gasteiger partial charge in [-0.25, -0.2) is 0 Å². The maximum absolute atomic E-state index is 12.2. The maximum Gasteiger partial charge on any atom is 0.230 e. The Balaban J connectivity index is 4.95. The highest BCUT2D eigenvalue weighted by Crippen LogP contribution is 2.23. The van der Waals surface area contributed by atoms with E-state index in [0.29, 0.717) is 13.1 Å². The molecule has 0 aromatic carbocycles. The zero-order chi connectivity index (χ0) is 12.3. The largest absolute Gasteiger partial charge is 0.334 e. The summed E-state index contributed by atoms with van der Waals surface area (Å²) in [5.41, 5.74) is 4.91. The third-order valence-electron chi connectivity index (χ3n) is 2.46. The summed E-state index contributed by atoms with van der Waals surface area (Å²) in [4.78, 5) is 14.0. The van der Waals surface area contributed by atoms with E-state index in [1.807, 2.05) is 39.5 Å². The minimum absolute atomic E-state index is 0.0809. The number of hydrogen-bond donors (Lipinski definition) is 1. The summed E-state index contributed by atoms with van der Waals surface area (Å²) in [6.07, 6.45) is 1.75. The first-order chi connectivity index (χ1) is 6.66. The fraction of sp³-hybridized carbons (Fsp3) is 0.750. The van der Waals surface area contributed by atoms with Gasteiger partial charge in [-0.2, -0.15) is 0 Å². The number of carbonyl (C=O) groups excluding carboxylic acids is 1. The monoisotopic (exact) mass is 212 g/mol. The van der Waals surface area contributed by atoms with Crippen LogP contribution < -0.4 is 5.73 Å². The van der Waals surface area contributed by atoms with Gasteiger partial charge < -0.3 is 10.6 Å². The van der Waals surface area contributed by atoms with E-state index in [4.69, 9.17) is 5.73 Å². The van der Waals surface area contributed by atoms with Crippen molar-refractivity contribution in [1.82, 2.24) is 4.90 Å². The number of hydrogen-bond acceptors (Lipinski definition) is 2. The molecule has 0 fully saturated rings. The Kier molecular flexibility index (Phi) is 4.53. The first kappa shape index (κ1) is 14.2. The van der Waals surface area contributed by atoms with Crippen molar-refractivity contribution in [3.05, 3.63) is 12.7 Å². The molecule has 0 aliphatic rings. The molecule has 0 unspecified atom stereocenters. The average molecular weight is 212 g/mol. The summed E-state index contributed by atoms with van der Waals surface area (Å²) >= 11 is 0. The van der Waals surface area contributed by atoms with E-state index in [9.17, 15) is 4.79 Å². The Morgan fingerprint density at radius 1 is 1.33 bits per heavy atom. The van der Waals surface area contributed by atoms with Crippen molar-refractivity contribution in [1.29, 1.82) is 0 Å². The van der Waals surface area contributed by atoms with Crippen LogP contribution in [0.5, 0.6) is 0 Å². The van der Waals surface area contributed by atoms with Crippen LogP contribution in [0.3, 0.4) is 0 Å². The summed E-state index contributed by atoms with van der Waals surface area (Å²) in [6.45, 7) is 14.4. The SMILES string of the molecule is C=CCN(C(=O)C(C)(C)CN)C(C)(C)C. The van der Waals surface area contributed by atoms with Crippen LogP contribution in [0.15, 0.2) is 12.7 Å². The highest BCUT2D eigenvalue weighted by Gasteiger charge is 2.35. The molecule has 15 heavy (non-hydrogen) atoms. The lowest BCUT2D eigenvalue weighted by atomic mass is 9.89. The normalized spacial score (nSPS) is 12.4. The third-order valence-corrected chi connectivity index (χ3v) is 2.46. The van der Waals surface area contributed by atoms with Crippen LogP contribution in [-0.2, 0) is 4.79 Å². The molecule has 3 heteroatoms. The summed E-state index contributed by atoms with van der Waals surface area (Å²) in [7, 11) is 0. The fourth-order valence-corrected chi connectivity index (χ4v) is 1.24. The molecule has 0 rings (SSSR count). The van der Waals surface area contributed by atoms with E-state index in [1.54, 1.807) is 6.08 Å². The van der Waals surface area contributed by atoms with Crippen molar-refractivity contribution in [3.8, 4) is 0 Å². The molecule has 0 bridgehead atoms. The highest BCUT2D eigenvalue weighted by atomic mass is 16.2. The van der Waals surface area contributed by atoms with E-state index in [-0.39, 0.29) is 11.4 Å². The number of carbonyl (C=O) groups is 1. The minimum Gasteiger partial charge on any atom is -0.334 e. The highest BCUT2D eigenvalue weighted by molar-refractivity contribution is 5.83. The topological polar surface area (TPSA) is 46.3 Å². The summed E-state index contributed by atoms with van der Waals surface area (Å²) in [5, 5.41) is 0. The fourth-order valence-electron chi connectivity index (χ4n) is 1.24. The van der Waals surface area contributed by atoms with Crippen molar-refractivity contribution in [2.45, 2.75) is 40.2 Å². The number of rotatable bonds is 4. The van der Waals surface area contributed by atoms with Gasteiger partial charge in [0.1, 0.15) is 0 Å². The maximum atomic E-state index is 12.2. The van der Waals surface area contributed by atoms with Gasteiger partial charge in [0.05, 0.1) is 5.41 Å². The molecule has 0 aromatic rings. The molecule has 0 aliphatic carbocycles. The molecule has 0 atom stereocenters. The van der Waals surface area contributed by atoms with Crippen molar-refractivity contribution < 1.29 is 4.79 Å². The van der Waals surface area contributed by atoms with Crippen LogP contribution in [0.4, 0.5) is 0 Å². The predicted molar refractivity (Wildman–Crippen MR) is 64.5 cm³/mol. The molecule has 0 aromatic heterocycles. The molecule has 0 aliphatic heterocycles. The van der Waals surface area contributed by atoms with Gasteiger partial charge in [0.2, 0.25) is 5.91 Å². The van der Waals surface area contributed by atoms with E-state index in [2.05, 4.69) is 6.58 Å². The molecule has 0 spiro atoms. The van der Waals surface area contributed by atoms with Crippen LogP contribution in [0.2, 0.25) is 0 Å². The van der Waals surface area contributed by atoms with Gasteiger partial charge in [-0.05, 0) is 34.6 Å². The molecule has 0 saturated carbocycles. The van der Waals surface area contributed by atoms with E-state index in [1.165, 1.54) is 0 Å². The zero-order valence-electron chi connectivity index (χ0n) is 10.6. The Labute approximate surface area is 93.3 Å². The standard InChI is InChI=1S/C12H24N2O/c1-7-8-14(11(2,3)4)10(15)12(5,6)9-13/h7H,1,8-9,13H2,2-6H3. The average Bonchev–Trinajstić information content (AvgIpc) is 2.11. The van der Waals surface area contributed by atoms with Gasteiger partial charge in [-0.3, -0.25) is 4.79 Å². The first-order valence-electron chi connectivity index (χ1n) is 5.30. The molecule has 3 nitrogen and oxygen atoms in total. The van der Waals surface area contributed by atoms with Gasteiger partial charge in [0, 0.05) is 18.6 Å². The van der Waals surface area contributed by atoms with Crippen LogP contribution >= 0.6 is 0 Å². The van der Waals surface area contributed by atoms with Crippen molar-refractivity contribution in [2.24, 2.45) is 11.1 Å². The Morgan fingerprint density at radius 2 is 1.80 bits per heavy atom. The van der Waals surface area contributed by atoms with E-state index >= 15 is 0 Å². The van der Waals surface area contributed by atoms with Gasteiger partial charge in [-0.15, -0.1) is 6.58 Å². The molecule has 1 amide bonds. The second-order valence-electron chi connectivity index (χ2n) is 5.46. The van der Waals surface area contributed by atoms with Crippen molar-refractivity contribution in [2.75, 3.05) is 13.1 Å². The summed E-state index contributed by atoms with van der Waals surface area (Å²) < 4.78 is 0. The second kappa shape index (κ2) is 4.79. The lowest BCUT2D eigenvalue weighted by Crippen LogP contribution is -2.52. The van der Waals surface area contributed by atoms with Gasteiger partial charge in [0.25, 0.3) is 0 Å². The van der Waals surface area contributed by atoms with Gasteiger partial charge >= 0.3 is 0 Å². The Bertz CT molecular complexity index is 238. The Hall–Kier alpha value is -0.830. The molecule has 2 N–H and O–H groups in total. The minimum atomic E-state index is -0.504. The first-order valence-corrected chi connectivity index (χ1v) is 5.30. The van der Waals surface area contributed by atoms with Crippen LogP contribution in [-0.4, -0.2) is 29.4 Å². The van der Waals surface area contributed by atoms with Crippen LogP contribution in [0.25, 0.3) is 0 Å². The van der Waals surface area contributed by atoms with Crippen LogP contribution in [0.1, 0.15) is 34.6 Å². The number of amides is 1. The molecular formula is C12H24N2O. The van der Waals surface area contributed by atoms with Gasteiger partial charge in [-0.1, -0.05) is 6.08 Å². The third kappa shape index (κ3) is 3.67.